The zero-order chi connectivity index (χ0) is 12.3. The Hall–Kier alpha value is -1.71. The molecule has 17 heavy (non-hydrogen) atoms. The zero-order valence-electron chi connectivity index (χ0n) is 9.72. The smallest absolute Gasteiger partial charge is 0.0709 e. The summed E-state index contributed by atoms with van der Waals surface area (Å²) in [4.78, 5) is 4.27. The van der Waals surface area contributed by atoms with E-state index in [1.165, 1.54) is 0 Å². The fourth-order valence-corrected chi connectivity index (χ4v) is 1.82. The molecule has 1 heterocycles. The van der Waals surface area contributed by atoms with Gasteiger partial charge in [0.25, 0.3) is 0 Å². The summed E-state index contributed by atoms with van der Waals surface area (Å²) < 4.78 is 0. The maximum absolute atomic E-state index is 9.35. The Kier molecular flexibility index (Phi) is 3.52. The molecule has 0 atom stereocenters. The van der Waals surface area contributed by atoms with Gasteiger partial charge in [0.1, 0.15) is 0 Å². The third-order valence-electron chi connectivity index (χ3n) is 2.71. The Labute approximate surface area is 100 Å². The zero-order valence-corrected chi connectivity index (χ0v) is 9.72. The van der Waals surface area contributed by atoms with Crippen molar-refractivity contribution in [3.63, 3.8) is 0 Å². The van der Waals surface area contributed by atoms with Gasteiger partial charge < -0.3 is 10.2 Å². The second-order valence-electron chi connectivity index (χ2n) is 4.03. The van der Waals surface area contributed by atoms with Crippen LogP contribution in [0, 0.1) is 6.92 Å². The number of hydrogen-bond donors (Lipinski definition) is 2. The van der Waals surface area contributed by atoms with Crippen LogP contribution in [-0.2, 0) is 13.2 Å². The molecule has 0 bridgehead atoms. The summed E-state index contributed by atoms with van der Waals surface area (Å²) in [5.74, 6) is 0. The highest BCUT2D eigenvalue weighted by Crippen LogP contribution is 2.23. The molecule has 0 amide bonds. The van der Waals surface area contributed by atoms with Crippen LogP contribution in [0.15, 0.2) is 36.5 Å². The van der Waals surface area contributed by atoms with E-state index in [0.29, 0.717) is 0 Å². The fraction of sp³-hybridized carbons (Fsp3) is 0.214. The highest BCUT2D eigenvalue weighted by Gasteiger charge is 2.06. The van der Waals surface area contributed by atoms with Crippen LogP contribution in [-0.4, -0.2) is 15.2 Å². The average molecular weight is 229 g/mol. The van der Waals surface area contributed by atoms with Crippen LogP contribution in [0.2, 0.25) is 0 Å². The molecule has 0 aliphatic carbocycles. The van der Waals surface area contributed by atoms with E-state index < -0.39 is 0 Å². The molecule has 2 aromatic rings. The van der Waals surface area contributed by atoms with Crippen LogP contribution in [0.3, 0.4) is 0 Å². The molecule has 1 aromatic heterocycles. The molecule has 0 aliphatic rings. The van der Waals surface area contributed by atoms with E-state index >= 15 is 0 Å². The van der Waals surface area contributed by atoms with E-state index in [9.17, 15) is 5.11 Å². The lowest BCUT2D eigenvalue weighted by Gasteiger charge is -2.08. The number of aromatic nitrogens is 1. The van der Waals surface area contributed by atoms with Crippen LogP contribution >= 0.6 is 0 Å². The van der Waals surface area contributed by atoms with Gasteiger partial charge in [-0.05, 0) is 30.2 Å². The Morgan fingerprint density at radius 2 is 1.88 bits per heavy atom. The molecule has 0 radical (unpaired) electrons. The van der Waals surface area contributed by atoms with Crippen LogP contribution in [0.25, 0.3) is 11.3 Å². The second-order valence-corrected chi connectivity index (χ2v) is 4.03. The maximum atomic E-state index is 9.35. The van der Waals surface area contributed by atoms with Crippen molar-refractivity contribution in [1.29, 1.82) is 0 Å². The van der Waals surface area contributed by atoms with Crippen molar-refractivity contribution in [2.75, 3.05) is 0 Å². The quantitative estimate of drug-likeness (QED) is 0.846. The van der Waals surface area contributed by atoms with Crippen LogP contribution in [0.5, 0.6) is 0 Å². The Morgan fingerprint density at radius 3 is 2.59 bits per heavy atom. The first-order valence-electron chi connectivity index (χ1n) is 5.51. The third kappa shape index (κ3) is 2.52. The summed E-state index contributed by atoms with van der Waals surface area (Å²) in [5.41, 5.74) is 4.47. The van der Waals surface area contributed by atoms with Gasteiger partial charge in [-0.25, -0.2) is 0 Å². The van der Waals surface area contributed by atoms with E-state index in [1.807, 2.05) is 31.2 Å². The highest BCUT2D eigenvalue weighted by atomic mass is 16.3. The number of aliphatic hydroxyl groups excluding tert-OH is 2. The predicted octanol–water partition coefficient (Wildman–Crippen LogP) is 2.04. The van der Waals surface area contributed by atoms with E-state index in [0.717, 1.165) is 27.9 Å². The van der Waals surface area contributed by atoms with Crippen LogP contribution in [0.1, 0.15) is 16.7 Å². The summed E-state index contributed by atoms with van der Waals surface area (Å²) >= 11 is 0. The maximum Gasteiger partial charge on any atom is 0.0709 e. The molecule has 2 rings (SSSR count). The molecule has 3 heteroatoms. The van der Waals surface area contributed by atoms with Gasteiger partial charge in [-0.1, -0.05) is 23.8 Å². The number of nitrogens with zero attached hydrogens (tertiary/aromatic N) is 1. The summed E-state index contributed by atoms with van der Waals surface area (Å²) in [7, 11) is 0. The van der Waals surface area contributed by atoms with Crippen molar-refractivity contribution < 1.29 is 10.2 Å². The lowest BCUT2D eigenvalue weighted by atomic mass is 10.0. The SMILES string of the molecule is Cc1ccc(-c2cc(CO)ccn2)c(CO)c1. The number of aryl methyl sites for hydroxylation is 1. The number of hydrogen-bond acceptors (Lipinski definition) is 3. The van der Waals surface area contributed by atoms with Gasteiger partial charge >= 0.3 is 0 Å². The Balaban J connectivity index is 2.51. The van der Waals surface area contributed by atoms with Gasteiger partial charge in [0.15, 0.2) is 0 Å². The van der Waals surface area contributed by atoms with Gasteiger partial charge in [0, 0.05) is 11.8 Å². The molecule has 0 aliphatic heterocycles. The molecular weight excluding hydrogens is 214 g/mol. The molecule has 0 saturated carbocycles. The van der Waals surface area contributed by atoms with Gasteiger partial charge in [0.2, 0.25) is 0 Å². The molecule has 0 fully saturated rings. The van der Waals surface area contributed by atoms with Crippen molar-refractivity contribution in [2.24, 2.45) is 0 Å². The minimum Gasteiger partial charge on any atom is -0.392 e. The Morgan fingerprint density at radius 1 is 1.06 bits per heavy atom. The summed E-state index contributed by atoms with van der Waals surface area (Å²) in [6.07, 6.45) is 1.67. The topological polar surface area (TPSA) is 53.4 Å². The van der Waals surface area contributed by atoms with Crippen LogP contribution < -0.4 is 0 Å². The number of aliphatic hydroxyl groups is 2. The summed E-state index contributed by atoms with van der Waals surface area (Å²) in [6, 6.07) is 9.49. The average Bonchev–Trinajstić information content (AvgIpc) is 2.38. The van der Waals surface area contributed by atoms with E-state index in [4.69, 9.17) is 5.11 Å². The predicted molar refractivity (Wildman–Crippen MR) is 66.3 cm³/mol. The first-order chi connectivity index (χ1) is 8.24. The van der Waals surface area contributed by atoms with Crippen molar-refractivity contribution in [1.82, 2.24) is 4.98 Å². The monoisotopic (exact) mass is 229 g/mol. The van der Waals surface area contributed by atoms with Crippen molar-refractivity contribution in [3.05, 3.63) is 53.2 Å². The van der Waals surface area contributed by atoms with Crippen molar-refractivity contribution in [2.45, 2.75) is 20.1 Å². The Bertz CT molecular complexity index is 523. The van der Waals surface area contributed by atoms with Crippen molar-refractivity contribution in [3.8, 4) is 11.3 Å². The first-order valence-corrected chi connectivity index (χ1v) is 5.51. The lowest BCUT2D eigenvalue weighted by Crippen LogP contribution is -1.94. The van der Waals surface area contributed by atoms with Gasteiger partial charge in [-0.15, -0.1) is 0 Å². The third-order valence-corrected chi connectivity index (χ3v) is 2.71. The highest BCUT2D eigenvalue weighted by molar-refractivity contribution is 5.64. The molecule has 0 unspecified atom stereocenters. The molecule has 2 N–H and O–H groups in total. The second kappa shape index (κ2) is 5.08. The molecular formula is C14H15NO2. The fourth-order valence-electron chi connectivity index (χ4n) is 1.82. The normalized spacial score (nSPS) is 10.5. The van der Waals surface area contributed by atoms with E-state index in [2.05, 4.69) is 4.98 Å². The van der Waals surface area contributed by atoms with Gasteiger partial charge in [-0.3, -0.25) is 4.98 Å². The molecule has 0 spiro atoms. The molecule has 3 nitrogen and oxygen atoms in total. The van der Waals surface area contributed by atoms with Gasteiger partial charge in [-0.2, -0.15) is 0 Å². The van der Waals surface area contributed by atoms with Crippen LogP contribution in [0.4, 0.5) is 0 Å². The summed E-state index contributed by atoms with van der Waals surface area (Å²) in [6.45, 7) is 1.97. The number of pyridine rings is 1. The number of rotatable bonds is 3. The minimum absolute atomic E-state index is 0.00413. The standard InChI is InChI=1S/C14H15NO2/c1-10-2-3-13(12(6-10)9-17)14-7-11(8-16)4-5-15-14/h2-7,16-17H,8-9H2,1H3. The molecule has 1 aromatic carbocycles. The number of benzene rings is 1. The van der Waals surface area contributed by atoms with E-state index in [1.54, 1.807) is 12.3 Å². The van der Waals surface area contributed by atoms with Gasteiger partial charge in [0.05, 0.1) is 18.9 Å². The molecule has 0 saturated heterocycles. The largest absolute Gasteiger partial charge is 0.392 e. The minimum atomic E-state index is -0.0119. The first kappa shape index (κ1) is 11.8. The van der Waals surface area contributed by atoms with E-state index in [-0.39, 0.29) is 13.2 Å². The molecule has 88 valence electrons. The summed E-state index contributed by atoms with van der Waals surface area (Å²) in [5, 5.41) is 18.5. The van der Waals surface area contributed by atoms with Crippen molar-refractivity contribution >= 4 is 0 Å². The lowest BCUT2D eigenvalue weighted by molar-refractivity contribution is 0.281.